The van der Waals surface area contributed by atoms with Crippen molar-refractivity contribution in [3.05, 3.63) is 6.92 Å². The Balaban J connectivity index is 2.99. The van der Waals surface area contributed by atoms with Crippen LogP contribution in [0.2, 0.25) is 0 Å². The molecule has 2 nitrogen and oxygen atoms in total. The van der Waals surface area contributed by atoms with Gasteiger partial charge in [0.25, 0.3) is 0 Å². The lowest BCUT2D eigenvalue weighted by atomic mass is 10.2. The first-order valence-electron chi connectivity index (χ1n) is 3.20. The number of oxime groups is 1. The lowest BCUT2D eigenvalue weighted by molar-refractivity contribution is 0.119. The second-order valence-corrected chi connectivity index (χ2v) is 2.27. The summed E-state index contributed by atoms with van der Waals surface area (Å²) in [6.07, 6.45) is 2.35. The van der Waals surface area contributed by atoms with Gasteiger partial charge in [0.15, 0.2) is 0 Å². The predicted molar refractivity (Wildman–Crippen MR) is 39.3 cm³/mol. The Morgan fingerprint density at radius 3 is 2.78 bits per heavy atom. The van der Waals surface area contributed by atoms with Crippen LogP contribution >= 0.6 is 0 Å². The summed E-state index contributed by atoms with van der Waals surface area (Å²) in [5.41, 5.74) is 0. The van der Waals surface area contributed by atoms with Crippen LogP contribution in [0.1, 0.15) is 20.3 Å². The van der Waals surface area contributed by atoms with Crippen molar-refractivity contribution in [2.24, 2.45) is 11.1 Å². The number of nitrogens with zero attached hydrogens (tertiary/aromatic N) is 1. The SMILES string of the molecule is [CH2]CC=NOCC(C)C. The largest absolute Gasteiger partial charge is 0.396 e. The van der Waals surface area contributed by atoms with Gasteiger partial charge in [-0.1, -0.05) is 19.0 Å². The van der Waals surface area contributed by atoms with Crippen LogP contribution in [0.25, 0.3) is 0 Å². The van der Waals surface area contributed by atoms with Gasteiger partial charge in [-0.25, -0.2) is 0 Å². The normalized spacial score (nSPS) is 11.1. The first kappa shape index (κ1) is 8.47. The second kappa shape index (κ2) is 5.60. The lowest BCUT2D eigenvalue weighted by Crippen LogP contribution is -1.96. The second-order valence-electron chi connectivity index (χ2n) is 2.27. The molecule has 0 amide bonds. The van der Waals surface area contributed by atoms with E-state index >= 15 is 0 Å². The average molecular weight is 128 g/mol. The van der Waals surface area contributed by atoms with E-state index in [1.807, 2.05) is 0 Å². The molecule has 1 radical (unpaired) electrons. The summed E-state index contributed by atoms with van der Waals surface area (Å²) in [6, 6.07) is 0. The first-order valence-corrected chi connectivity index (χ1v) is 3.20. The number of hydrogen-bond acceptors (Lipinski definition) is 2. The van der Waals surface area contributed by atoms with Gasteiger partial charge in [0.05, 0.1) is 0 Å². The van der Waals surface area contributed by atoms with Gasteiger partial charge in [-0.15, -0.1) is 0 Å². The molecule has 53 valence electrons. The molecule has 0 aliphatic carbocycles. The van der Waals surface area contributed by atoms with E-state index in [1.54, 1.807) is 6.21 Å². The van der Waals surface area contributed by atoms with Gasteiger partial charge in [0.1, 0.15) is 6.61 Å². The van der Waals surface area contributed by atoms with E-state index in [2.05, 4.69) is 25.9 Å². The minimum atomic E-state index is 0.548. The Morgan fingerprint density at radius 1 is 1.67 bits per heavy atom. The van der Waals surface area contributed by atoms with Crippen molar-refractivity contribution in [3.8, 4) is 0 Å². The van der Waals surface area contributed by atoms with Crippen molar-refractivity contribution in [1.82, 2.24) is 0 Å². The molecule has 0 N–H and O–H groups in total. The maximum Gasteiger partial charge on any atom is 0.119 e. The van der Waals surface area contributed by atoms with Gasteiger partial charge in [0, 0.05) is 6.21 Å². The highest BCUT2D eigenvalue weighted by molar-refractivity contribution is 5.56. The minimum Gasteiger partial charge on any atom is -0.396 e. The summed E-state index contributed by atoms with van der Waals surface area (Å²) in [7, 11) is 0. The minimum absolute atomic E-state index is 0.548. The molecular weight excluding hydrogens is 114 g/mol. The third-order valence-electron chi connectivity index (χ3n) is 0.686. The van der Waals surface area contributed by atoms with E-state index in [0.29, 0.717) is 18.9 Å². The zero-order valence-electron chi connectivity index (χ0n) is 6.13. The maximum absolute atomic E-state index is 4.86. The molecule has 0 saturated carbocycles. The molecule has 0 rings (SSSR count). The fourth-order valence-electron chi connectivity index (χ4n) is 0.298. The van der Waals surface area contributed by atoms with E-state index in [9.17, 15) is 0 Å². The lowest BCUT2D eigenvalue weighted by Gasteiger charge is -1.99. The van der Waals surface area contributed by atoms with Gasteiger partial charge in [-0.05, 0) is 19.3 Å². The molecular formula is C7H14NO. The molecule has 0 unspecified atom stereocenters. The third-order valence-corrected chi connectivity index (χ3v) is 0.686. The summed E-state index contributed by atoms with van der Waals surface area (Å²) < 4.78 is 0. The fourth-order valence-corrected chi connectivity index (χ4v) is 0.298. The van der Waals surface area contributed by atoms with Crippen molar-refractivity contribution >= 4 is 6.21 Å². The number of rotatable bonds is 4. The molecule has 0 bridgehead atoms. The van der Waals surface area contributed by atoms with Gasteiger partial charge in [0.2, 0.25) is 0 Å². The zero-order valence-corrected chi connectivity index (χ0v) is 6.13. The summed E-state index contributed by atoms with van der Waals surface area (Å²) in [5, 5.41) is 3.64. The third kappa shape index (κ3) is 7.47. The van der Waals surface area contributed by atoms with Crippen LogP contribution in [0.5, 0.6) is 0 Å². The quantitative estimate of drug-likeness (QED) is 0.418. The molecule has 0 aliphatic rings. The standard InChI is InChI=1S/C7H14NO/c1-4-5-8-9-6-7(2)3/h5,7H,1,4,6H2,2-3H3. The summed E-state index contributed by atoms with van der Waals surface area (Å²) in [6.45, 7) is 8.43. The maximum atomic E-state index is 4.86. The molecule has 0 heterocycles. The van der Waals surface area contributed by atoms with Gasteiger partial charge < -0.3 is 4.84 Å². The zero-order chi connectivity index (χ0) is 7.11. The van der Waals surface area contributed by atoms with Gasteiger partial charge >= 0.3 is 0 Å². The monoisotopic (exact) mass is 128 g/mol. The van der Waals surface area contributed by atoms with Crippen LogP contribution in [-0.4, -0.2) is 12.8 Å². The number of hydrogen-bond donors (Lipinski definition) is 0. The van der Waals surface area contributed by atoms with Gasteiger partial charge in [-0.2, -0.15) is 0 Å². The molecule has 9 heavy (non-hydrogen) atoms. The summed E-state index contributed by atoms with van der Waals surface area (Å²) in [5.74, 6) is 0.548. The van der Waals surface area contributed by atoms with E-state index in [0.717, 1.165) is 0 Å². The van der Waals surface area contributed by atoms with Gasteiger partial charge in [-0.3, -0.25) is 0 Å². The van der Waals surface area contributed by atoms with Crippen molar-refractivity contribution in [2.75, 3.05) is 6.61 Å². The molecule has 0 spiro atoms. The van der Waals surface area contributed by atoms with E-state index in [1.165, 1.54) is 0 Å². The van der Waals surface area contributed by atoms with E-state index in [-0.39, 0.29) is 0 Å². The topological polar surface area (TPSA) is 21.6 Å². The average Bonchev–Trinajstić information content (AvgIpc) is 1.80. The highest BCUT2D eigenvalue weighted by atomic mass is 16.6. The van der Waals surface area contributed by atoms with Crippen LogP contribution in [0.15, 0.2) is 5.16 Å². The molecule has 0 aliphatic heterocycles. The van der Waals surface area contributed by atoms with E-state index < -0.39 is 0 Å². The van der Waals surface area contributed by atoms with Crippen molar-refractivity contribution in [3.63, 3.8) is 0 Å². The molecule has 0 saturated heterocycles. The highest BCUT2D eigenvalue weighted by Gasteiger charge is 1.89. The first-order chi connectivity index (χ1) is 4.27. The Hall–Kier alpha value is -0.530. The molecule has 0 aromatic heterocycles. The Labute approximate surface area is 56.9 Å². The Bertz CT molecular complexity index is 79.0. The van der Waals surface area contributed by atoms with Crippen LogP contribution in [-0.2, 0) is 4.84 Å². The summed E-state index contributed by atoms with van der Waals surface area (Å²) >= 11 is 0. The van der Waals surface area contributed by atoms with Crippen molar-refractivity contribution in [1.29, 1.82) is 0 Å². The van der Waals surface area contributed by atoms with Crippen LogP contribution in [0.4, 0.5) is 0 Å². The highest BCUT2D eigenvalue weighted by Crippen LogP contribution is 1.91. The summed E-state index contributed by atoms with van der Waals surface area (Å²) in [4.78, 5) is 4.86. The van der Waals surface area contributed by atoms with Crippen molar-refractivity contribution < 1.29 is 4.84 Å². The Morgan fingerprint density at radius 2 is 2.33 bits per heavy atom. The van der Waals surface area contributed by atoms with E-state index in [4.69, 9.17) is 4.84 Å². The molecule has 0 aromatic rings. The van der Waals surface area contributed by atoms with Crippen molar-refractivity contribution in [2.45, 2.75) is 20.3 Å². The molecule has 0 fully saturated rings. The van der Waals surface area contributed by atoms with Crippen LogP contribution in [0, 0.1) is 12.8 Å². The predicted octanol–water partition coefficient (Wildman–Crippen LogP) is 1.87. The van der Waals surface area contributed by atoms with Crippen LogP contribution < -0.4 is 0 Å². The molecule has 2 heteroatoms. The smallest absolute Gasteiger partial charge is 0.119 e. The van der Waals surface area contributed by atoms with Crippen LogP contribution in [0.3, 0.4) is 0 Å². The molecule has 0 aromatic carbocycles. The Kier molecular flexibility index (Phi) is 5.27. The fraction of sp³-hybridized carbons (Fsp3) is 0.714. The molecule has 0 atom stereocenters.